The first kappa shape index (κ1) is 8.48. The van der Waals surface area contributed by atoms with Crippen molar-refractivity contribution < 1.29 is 0 Å². The first-order chi connectivity index (χ1) is 6.83. The standard InChI is InChI=1S/C11H17N3/c12-11(9-3-4-9)10-5-13-14(7-10)6-8-1-2-8/h5,7-9,11H,1-4,6,12H2. The van der Waals surface area contributed by atoms with Crippen LogP contribution in [0, 0.1) is 11.8 Å². The Morgan fingerprint density at radius 3 is 2.86 bits per heavy atom. The largest absolute Gasteiger partial charge is 0.324 e. The van der Waals surface area contributed by atoms with Gasteiger partial charge in [-0.1, -0.05) is 0 Å². The van der Waals surface area contributed by atoms with Gasteiger partial charge in [-0.15, -0.1) is 0 Å². The Bertz CT molecular complexity index is 323. The highest BCUT2D eigenvalue weighted by atomic mass is 15.3. The summed E-state index contributed by atoms with van der Waals surface area (Å²) in [5.41, 5.74) is 7.34. The fraction of sp³-hybridized carbons (Fsp3) is 0.727. The van der Waals surface area contributed by atoms with Gasteiger partial charge in [-0.3, -0.25) is 4.68 Å². The van der Waals surface area contributed by atoms with Crippen LogP contribution in [0.5, 0.6) is 0 Å². The molecule has 1 atom stereocenters. The summed E-state index contributed by atoms with van der Waals surface area (Å²) in [6.45, 7) is 1.09. The van der Waals surface area contributed by atoms with Gasteiger partial charge in [-0.05, 0) is 37.5 Å². The molecule has 0 amide bonds. The van der Waals surface area contributed by atoms with Crippen molar-refractivity contribution in [2.45, 2.75) is 38.3 Å². The summed E-state index contributed by atoms with van der Waals surface area (Å²) in [7, 11) is 0. The molecule has 2 saturated carbocycles. The lowest BCUT2D eigenvalue weighted by Gasteiger charge is -2.05. The summed E-state index contributed by atoms with van der Waals surface area (Å²) in [6.07, 6.45) is 9.45. The van der Waals surface area contributed by atoms with Crippen LogP contribution in [-0.4, -0.2) is 9.78 Å². The van der Waals surface area contributed by atoms with E-state index in [-0.39, 0.29) is 6.04 Å². The van der Waals surface area contributed by atoms with Crippen LogP contribution < -0.4 is 5.73 Å². The molecule has 1 aromatic rings. The van der Waals surface area contributed by atoms with Crippen LogP contribution in [0.25, 0.3) is 0 Å². The molecule has 1 unspecified atom stereocenters. The molecule has 3 rings (SSSR count). The summed E-state index contributed by atoms with van der Waals surface area (Å²) in [6, 6.07) is 0.239. The highest BCUT2D eigenvalue weighted by molar-refractivity contribution is 5.13. The van der Waals surface area contributed by atoms with E-state index >= 15 is 0 Å². The molecule has 2 aliphatic rings. The van der Waals surface area contributed by atoms with Gasteiger partial charge in [0.1, 0.15) is 0 Å². The van der Waals surface area contributed by atoms with E-state index in [2.05, 4.69) is 16.0 Å². The number of nitrogens with two attached hydrogens (primary N) is 1. The predicted octanol–water partition coefficient (Wildman–Crippen LogP) is 1.70. The molecule has 0 saturated heterocycles. The highest BCUT2D eigenvalue weighted by Gasteiger charge is 2.30. The van der Waals surface area contributed by atoms with Gasteiger partial charge in [0.2, 0.25) is 0 Å². The van der Waals surface area contributed by atoms with Crippen molar-refractivity contribution in [1.29, 1.82) is 0 Å². The minimum atomic E-state index is 0.239. The Morgan fingerprint density at radius 1 is 1.43 bits per heavy atom. The molecule has 3 nitrogen and oxygen atoms in total. The second-order valence-electron chi connectivity index (χ2n) is 4.80. The van der Waals surface area contributed by atoms with Gasteiger partial charge >= 0.3 is 0 Å². The molecule has 0 bridgehead atoms. The summed E-state index contributed by atoms with van der Waals surface area (Å²) in [5, 5.41) is 4.36. The minimum Gasteiger partial charge on any atom is -0.324 e. The Kier molecular flexibility index (Phi) is 1.87. The fourth-order valence-electron chi connectivity index (χ4n) is 1.94. The van der Waals surface area contributed by atoms with Gasteiger partial charge in [0.05, 0.1) is 6.20 Å². The van der Waals surface area contributed by atoms with Crippen molar-refractivity contribution in [3.05, 3.63) is 18.0 Å². The van der Waals surface area contributed by atoms with E-state index in [1.165, 1.54) is 31.2 Å². The number of aromatic nitrogens is 2. The normalized spacial score (nSPS) is 23.8. The van der Waals surface area contributed by atoms with Crippen LogP contribution >= 0.6 is 0 Å². The van der Waals surface area contributed by atoms with Crippen molar-refractivity contribution in [1.82, 2.24) is 9.78 Å². The van der Waals surface area contributed by atoms with E-state index in [1.807, 2.05) is 6.20 Å². The lowest BCUT2D eigenvalue weighted by atomic mass is 10.1. The van der Waals surface area contributed by atoms with Crippen LogP contribution in [0.15, 0.2) is 12.4 Å². The quantitative estimate of drug-likeness (QED) is 0.787. The Morgan fingerprint density at radius 2 is 2.21 bits per heavy atom. The van der Waals surface area contributed by atoms with E-state index in [9.17, 15) is 0 Å². The molecule has 0 aliphatic heterocycles. The zero-order valence-electron chi connectivity index (χ0n) is 8.39. The lowest BCUT2D eigenvalue weighted by molar-refractivity contribution is 0.560. The van der Waals surface area contributed by atoms with Crippen molar-refractivity contribution in [3.63, 3.8) is 0 Å². The minimum absolute atomic E-state index is 0.239. The van der Waals surface area contributed by atoms with Crippen molar-refractivity contribution in [2.75, 3.05) is 0 Å². The molecule has 14 heavy (non-hydrogen) atoms. The monoisotopic (exact) mass is 191 g/mol. The van der Waals surface area contributed by atoms with E-state index in [1.54, 1.807) is 0 Å². The zero-order valence-corrected chi connectivity index (χ0v) is 8.39. The van der Waals surface area contributed by atoms with Crippen molar-refractivity contribution in [2.24, 2.45) is 17.6 Å². The third-order valence-electron chi connectivity index (χ3n) is 3.31. The first-order valence-corrected chi connectivity index (χ1v) is 5.61. The van der Waals surface area contributed by atoms with E-state index in [0.29, 0.717) is 0 Å². The summed E-state index contributed by atoms with van der Waals surface area (Å²) in [4.78, 5) is 0. The van der Waals surface area contributed by atoms with Gasteiger partial charge < -0.3 is 5.73 Å². The molecule has 2 fully saturated rings. The maximum absolute atomic E-state index is 6.11. The second-order valence-corrected chi connectivity index (χ2v) is 4.80. The molecule has 2 aliphatic carbocycles. The SMILES string of the molecule is NC(c1cnn(CC2CC2)c1)C1CC1. The smallest absolute Gasteiger partial charge is 0.0537 e. The molecular weight excluding hydrogens is 174 g/mol. The zero-order chi connectivity index (χ0) is 9.54. The molecule has 1 aromatic heterocycles. The Hall–Kier alpha value is -0.830. The summed E-state index contributed by atoms with van der Waals surface area (Å²) >= 11 is 0. The van der Waals surface area contributed by atoms with E-state index < -0.39 is 0 Å². The average molecular weight is 191 g/mol. The van der Waals surface area contributed by atoms with Crippen LogP contribution in [0.4, 0.5) is 0 Å². The first-order valence-electron chi connectivity index (χ1n) is 5.61. The maximum Gasteiger partial charge on any atom is 0.0537 e. The molecule has 2 N–H and O–H groups in total. The van der Waals surface area contributed by atoms with Crippen LogP contribution in [0.3, 0.4) is 0 Å². The molecule has 0 radical (unpaired) electrons. The van der Waals surface area contributed by atoms with Crippen LogP contribution in [0.1, 0.15) is 37.3 Å². The Labute approximate surface area is 84.3 Å². The number of rotatable bonds is 4. The summed E-state index contributed by atoms with van der Waals surface area (Å²) in [5.74, 6) is 1.62. The number of hydrogen-bond donors (Lipinski definition) is 1. The van der Waals surface area contributed by atoms with Gasteiger partial charge in [0.25, 0.3) is 0 Å². The topological polar surface area (TPSA) is 43.8 Å². The van der Waals surface area contributed by atoms with Crippen LogP contribution in [-0.2, 0) is 6.54 Å². The van der Waals surface area contributed by atoms with Gasteiger partial charge in [0, 0.05) is 24.3 Å². The molecule has 1 heterocycles. The predicted molar refractivity (Wildman–Crippen MR) is 54.6 cm³/mol. The molecule has 0 aromatic carbocycles. The molecule has 0 spiro atoms. The number of nitrogens with zero attached hydrogens (tertiary/aromatic N) is 2. The molecular formula is C11H17N3. The molecule has 3 heteroatoms. The molecule has 76 valence electrons. The van der Waals surface area contributed by atoms with Gasteiger partial charge in [0.15, 0.2) is 0 Å². The average Bonchev–Trinajstić information content (AvgIpc) is 3.04. The summed E-state index contributed by atoms with van der Waals surface area (Å²) < 4.78 is 2.06. The third-order valence-corrected chi connectivity index (χ3v) is 3.31. The second kappa shape index (κ2) is 3.09. The highest BCUT2D eigenvalue weighted by Crippen LogP contribution is 2.39. The third kappa shape index (κ3) is 1.69. The maximum atomic E-state index is 6.11. The van der Waals surface area contributed by atoms with E-state index in [0.717, 1.165) is 18.4 Å². The fourth-order valence-corrected chi connectivity index (χ4v) is 1.94. The lowest BCUT2D eigenvalue weighted by Crippen LogP contribution is -2.11. The van der Waals surface area contributed by atoms with Gasteiger partial charge in [-0.2, -0.15) is 5.10 Å². The van der Waals surface area contributed by atoms with Crippen molar-refractivity contribution in [3.8, 4) is 0 Å². The number of hydrogen-bond acceptors (Lipinski definition) is 2. The van der Waals surface area contributed by atoms with E-state index in [4.69, 9.17) is 5.73 Å². The van der Waals surface area contributed by atoms with Crippen molar-refractivity contribution >= 4 is 0 Å². The Balaban J connectivity index is 1.68. The van der Waals surface area contributed by atoms with Gasteiger partial charge in [-0.25, -0.2) is 0 Å². The van der Waals surface area contributed by atoms with Crippen LogP contribution in [0.2, 0.25) is 0 Å².